The van der Waals surface area contributed by atoms with Crippen molar-refractivity contribution in [2.75, 3.05) is 11.9 Å². The lowest BCUT2D eigenvalue weighted by molar-refractivity contribution is 0.215. The number of fused-ring (bicyclic) bond motifs is 3. The van der Waals surface area contributed by atoms with Crippen LogP contribution < -0.4 is 14.8 Å². The Bertz CT molecular complexity index is 1370. The van der Waals surface area contributed by atoms with Crippen LogP contribution in [-0.4, -0.2) is 26.4 Å². The molecule has 2 aliphatic heterocycles. The number of pyridine rings is 1. The Balaban J connectivity index is 1.64. The summed E-state index contributed by atoms with van der Waals surface area (Å²) in [6.45, 7) is 2.53. The maximum Gasteiger partial charge on any atom is 0.226 e. The molecule has 0 saturated carbocycles. The molecule has 2 atom stereocenters. The van der Waals surface area contributed by atoms with Gasteiger partial charge >= 0.3 is 0 Å². The van der Waals surface area contributed by atoms with E-state index in [1.807, 2.05) is 72.4 Å². The quantitative estimate of drug-likeness (QED) is 0.449. The molecular weight excluding hydrogens is 438 g/mol. The molecule has 1 N–H and O–H groups in total. The molecule has 2 aromatic carbocycles. The highest BCUT2D eigenvalue weighted by molar-refractivity contribution is 6.30. The fourth-order valence-corrected chi connectivity index (χ4v) is 4.71. The Morgan fingerprint density at radius 1 is 1.15 bits per heavy atom. The van der Waals surface area contributed by atoms with E-state index >= 15 is 0 Å². The van der Waals surface area contributed by atoms with Gasteiger partial charge in [0.15, 0.2) is 6.10 Å². The number of nitrogens with zero attached hydrogens (tertiary/aromatic N) is 4. The van der Waals surface area contributed by atoms with Gasteiger partial charge in [0, 0.05) is 34.1 Å². The van der Waals surface area contributed by atoms with Crippen molar-refractivity contribution < 1.29 is 9.47 Å². The Morgan fingerprint density at radius 2 is 2.06 bits per heavy atom. The van der Waals surface area contributed by atoms with Crippen LogP contribution in [0.15, 0.2) is 78.9 Å². The average Bonchev–Trinajstić information content (AvgIpc) is 3.32. The number of benzene rings is 2. The Labute approximate surface area is 195 Å². The number of anilines is 1. The number of hydrogen-bond acceptors (Lipinski definition) is 6. The van der Waals surface area contributed by atoms with Gasteiger partial charge in [-0.05, 0) is 42.8 Å². The first kappa shape index (κ1) is 19.8. The van der Waals surface area contributed by atoms with Crippen molar-refractivity contribution in [1.29, 1.82) is 0 Å². The minimum Gasteiger partial charge on any atom is -0.493 e. The standard InChI is InChI=1S/C25H20ClN5O2/c1-2-32-19-8-4-3-7-17(19)24-21-22(18-12-16(26)9-10-20(18)33-24)30-25-28-14-29-31(25)23(21)15-6-5-11-27-13-15/h3-14,23-24H,2H2,1H3,(H,28,29,30)/t23-,24-/m1/s1. The highest BCUT2D eigenvalue weighted by Gasteiger charge is 2.42. The molecule has 6 rings (SSSR count). The van der Waals surface area contributed by atoms with Crippen LogP contribution in [0.2, 0.25) is 5.02 Å². The molecule has 0 radical (unpaired) electrons. The van der Waals surface area contributed by atoms with Crippen LogP contribution in [0.25, 0.3) is 5.70 Å². The van der Waals surface area contributed by atoms with Crippen LogP contribution in [0.1, 0.15) is 35.8 Å². The molecular formula is C25H20ClN5O2. The van der Waals surface area contributed by atoms with E-state index in [1.54, 1.807) is 12.5 Å². The molecule has 0 saturated heterocycles. The second-order valence-corrected chi connectivity index (χ2v) is 8.22. The maximum atomic E-state index is 6.65. The molecule has 2 aliphatic rings. The van der Waals surface area contributed by atoms with Crippen LogP contribution in [0.4, 0.5) is 5.95 Å². The van der Waals surface area contributed by atoms with Crippen molar-refractivity contribution in [2.24, 2.45) is 0 Å². The lowest BCUT2D eigenvalue weighted by Gasteiger charge is -2.39. The van der Waals surface area contributed by atoms with Crippen molar-refractivity contribution >= 4 is 23.2 Å². The summed E-state index contributed by atoms with van der Waals surface area (Å²) in [5.74, 6) is 2.16. The van der Waals surface area contributed by atoms with Gasteiger partial charge in [-0.15, -0.1) is 0 Å². The van der Waals surface area contributed by atoms with Crippen molar-refractivity contribution in [1.82, 2.24) is 19.7 Å². The third-order valence-corrected chi connectivity index (χ3v) is 6.11. The molecule has 2 aromatic heterocycles. The van der Waals surface area contributed by atoms with Gasteiger partial charge in [-0.25, -0.2) is 4.68 Å². The summed E-state index contributed by atoms with van der Waals surface area (Å²) >= 11 is 6.39. The second-order valence-electron chi connectivity index (χ2n) is 7.78. The van der Waals surface area contributed by atoms with E-state index in [0.29, 0.717) is 17.6 Å². The molecule has 164 valence electrons. The normalized spacial score (nSPS) is 18.5. The average molecular weight is 458 g/mol. The Kier molecular flexibility index (Phi) is 4.77. The number of nitrogens with one attached hydrogen (secondary N) is 1. The first-order valence-electron chi connectivity index (χ1n) is 10.7. The van der Waals surface area contributed by atoms with E-state index in [4.69, 9.17) is 21.1 Å². The molecule has 4 aromatic rings. The Hall–Kier alpha value is -3.84. The molecule has 0 spiro atoms. The molecule has 8 heteroatoms. The van der Waals surface area contributed by atoms with Crippen LogP contribution in [0, 0.1) is 0 Å². The summed E-state index contributed by atoms with van der Waals surface area (Å²) < 4.78 is 14.5. The summed E-state index contributed by atoms with van der Waals surface area (Å²) in [5.41, 5.74) is 4.69. The van der Waals surface area contributed by atoms with Crippen LogP contribution >= 0.6 is 11.6 Å². The Morgan fingerprint density at radius 3 is 2.91 bits per heavy atom. The summed E-state index contributed by atoms with van der Waals surface area (Å²) in [5, 5.41) is 8.65. The predicted molar refractivity (Wildman–Crippen MR) is 125 cm³/mol. The molecule has 33 heavy (non-hydrogen) atoms. The monoisotopic (exact) mass is 457 g/mol. The second kappa shape index (κ2) is 7.94. The van der Waals surface area contributed by atoms with Gasteiger partial charge in [0.1, 0.15) is 23.9 Å². The highest BCUT2D eigenvalue weighted by Crippen LogP contribution is 2.52. The number of para-hydroxylation sites is 1. The van der Waals surface area contributed by atoms with Gasteiger partial charge < -0.3 is 14.8 Å². The largest absolute Gasteiger partial charge is 0.493 e. The molecule has 0 aliphatic carbocycles. The zero-order valence-electron chi connectivity index (χ0n) is 17.8. The van der Waals surface area contributed by atoms with Crippen molar-refractivity contribution in [3.8, 4) is 11.5 Å². The lowest BCUT2D eigenvalue weighted by atomic mass is 9.85. The summed E-state index contributed by atoms with van der Waals surface area (Å²) in [6.07, 6.45) is 4.74. The van der Waals surface area contributed by atoms with E-state index in [1.165, 1.54) is 0 Å². The summed E-state index contributed by atoms with van der Waals surface area (Å²) in [4.78, 5) is 8.82. The van der Waals surface area contributed by atoms with Crippen LogP contribution in [0.3, 0.4) is 0 Å². The topological polar surface area (TPSA) is 74.1 Å². The number of hydrogen-bond donors (Lipinski definition) is 1. The minimum absolute atomic E-state index is 0.278. The predicted octanol–water partition coefficient (Wildman–Crippen LogP) is 5.29. The summed E-state index contributed by atoms with van der Waals surface area (Å²) in [6, 6.07) is 17.3. The van der Waals surface area contributed by atoms with E-state index < -0.39 is 6.10 Å². The van der Waals surface area contributed by atoms with Gasteiger partial charge in [0.2, 0.25) is 5.95 Å². The molecule has 7 nitrogen and oxygen atoms in total. The van der Waals surface area contributed by atoms with Gasteiger partial charge in [0.05, 0.1) is 12.3 Å². The van der Waals surface area contributed by atoms with Crippen molar-refractivity contribution in [3.05, 3.63) is 101 Å². The van der Waals surface area contributed by atoms with E-state index in [2.05, 4.69) is 20.4 Å². The zero-order valence-corrected chi connectivity index (χ0v) is 18.5. The highest BCUT2D eigenvalue weighted by atomic mass is 35.5. The summed E-state index contributed by atoms with van der Waals surface area (Å²) in [7, 11) is 0. The third kappa shape index (κ3) is 3.24. The van der Waals surface area contributed by atoms with Crippen molar-refractivity contribution in [2.45, 2.75) is 19.1 Å². The van der Waals surface area contributed by atoms with Crippen LogP contribution in [-0.2, 0) is 0 Å². The van der Waals surface area contributed by atoms with E-state index in [-0.39, 0.29) is 6.04 Å². The van der Waals surface area contributed by atoms with Gasteiger partial charge in [-0.2, -0.15) is 10.1 Å². The molecule has 0 bridgehead atoms. The van der Waals surface area contributed by atoms with Gasteiger partial charge in [-0.3, -0.25) is 4.98 Å². The molecule has 0 fully saturated rings. The molecule has 0 unspecified atom stereocenters. The van der Waals surface area contributed by atoms with E-state index in [0.717, 1.165) is 39.5 Å². The van der Waals surface area contributed by atoms with Crippen molar-refractivity contribution in [3.63, 3.8) is 0 Å². The minimum atomic E-state index is -0.425. The lowest BCUT2D eigenvalue weighted by Crippen LogP contribution is -2.32. The fourth-order valence-electron chi connectivity index (χ4n) is 4.54. The SMILES string of the molecule is CCOc1ccccc1[C@H]1Oc2ccc(Cl)cc2C2=C1[C@@H](c1cccnc1)n1ncnc1N2. The van der Waals surface area contributed by atoms with Gasteiger partial charge in [0.25, 0.3) is 0 Å². The van der Waals surface area contributed by atoms with E-state index in [9.17, 15) is 0 Å². The first-order chi connectivity index (χ1) is 16.2. The zero-order chi connectivity index (χ0) is 22.4. The molecule has 4 heterocycles. The number of aromatic nitrogens is 4. The third-order valence-electron chi connectivity index (χ3n) is 5.88. The number of ether oxygens (including phenoxy) is 2. The first-order valence-corrected chi connectivity index (χ1v) is 11.1. The smallest absolute Gasteiger partial charge is 0.226 e. The van der Waals surface area contributed by atoms with Gasteiger partial charge in [-0.1, -0.05) is 35.9 Å². The number of rotatable bonds is 4. The molecule has 0 amide bonds. The fraction of sp³-hybridized carbons (Fsp3) is 0.160. The number of halogens is 1. The maximum absolute atomic E-state index is 6.65. The van der Waals surface area contributed by atoms with Crippen LogP contribution in [0.5, 0.6) is 11.5 Å².